The fourth-order valence-electron chi connectivity index (χ4n) is 1.70. The van der Waals surface area contributed by atoms with E-state index in [1.807, 2.05) is 0 Å². The lowest BCUT2D eigenvalue weighted by Crippen LogP contribution is -2.23. The number of hydrogen-bond donors (Lipinski definition) is 1. The zero-order chi connectivity index (χ0) is 10.1. The van der Waals surface area contributed by atoms with Gasteiger partial charge in [-0.1, -0.05) is 11.6 Å². The molecule has 1 heterocycles. The summed E-state index contributed by atoms with van der Waals surface area (Å²) >= 11 is 5.68. The maximum atomic E-state index is 10.8. The number of carboxylic acids is 1. The van der Waals surface area contributed by atoms with E-state index in [0.717, 1.165) is 11.3 Å². The molecule has 1 N–H and O–H groups in total. The molecular formula is C9H9ClN2O2. The van der Waals surface area contributed by atoms with Crippen LogP contribution in [0.15, 0.2) is 6.07 Å². The minimum absolute atomic E-state index is 0.303. The minimum Gasteiger partial charge on any atom is -0.481 e. The highest BCUT2D eigenvalue weighted by atomic mass is 35.5. The summed E-state index contributed by atoms with van der Waals surface area (Å²) in [5.41, 5.74) is 1.80. The molecule has 0 bridgehead atoms. The summed E-state index contributed by atoms with van der Waals surface area (Å²) in [6.45, 7) is 0. The van der Waals surface area contributed by atoms with Crippen LogP contribution in [0.2, 0.25) is 5.15 Å². The van der Waals surface area contributed by atoms with Crippen LogP contribution < -0.4 is 0 Å². The Kier molecular flexibility index (Phi) is 2.37. The maximum absolute atomic E-state index is 10.8. The van der Waals surface area contributed by atoms with Gasteiger partial charge in [-0.3, -0.25) is 4.79 Å². The third-order valence-corrected chi connectivity index (χ3v) is 2.66. The van der Waals surface area contributed by atoms with Crippen molar-refractivity contribution in [2.75, 3.05) is 0 Å². The molecule has 1 atom stereocenters. The molecule has 1 aliphatic carbocycles. The van der Waals surface area contributed by atoms with Crippen molar-refractivity contribution < 1.29 is 9.90 Å². The van der Waals surface area contributed by atoms with Crippen molar-refractivity contribution in [2.24, 2.45) is 5.92 Å². The Hall–Kier alpha value is -1.16. The number of carboxylic acid groups (broad SMARTS) is 1. The first-order valence-electron chi connectivity index (χ1n) is 4.40. The zero-order valence-electron chi connectivity index (χ0n) is 7.40. The third kappa shape index (κ3) is 1.70. The van der Waals surface area contributed by atoms with E-state index in [4.69, 9.17) is 16.7 Å². The lowest BCUT2D eigenvalue weighted by molar-refractivity contribution is -0.142. The largest absolute Gasteiger partial charge is 0.481 e. The summed E-state index contributed by atoms with van der Waals surface area (Å²) in [4.78, 5) is 10.8. The van der Waals surface area contributed by atoms with E-state index < -0.39 is 5.97 Å². The highest BCUT2D eigenvalue weighted by Gasteiger charge is 2.25. The van der Waals surface area contributed by atoms with Gasteiger partial charge in [0.1, 0.15) is 0 Å². The average molecular weight is 213 g/mol. The predicted molar refractivity (Wildman–Crippen MR) is 50.2 cm³/mol. The van der Waals surface area contributed by atoms with Gasteiger partial charge in [-0.25, -0.2) is 0 Å². The molecule has 1 aromatic heterocycles. The first-order chi connectivity index (χ1) is 6.66. The number of halogens is 1. The summed E-state index contributed by atoms with van der Waals surface area (Å²) in [5.74, 6) is -1.05. The molecule has 4 nitrogen and oxygen atoms in total. The van der Waals surface area contributed by atoms with Gasteiger partial charge in [-0.15, -0.1) is 5.10 Å². The van der Waals surface area contributed by atoms with Gasteiger partial charge < -0.3 is 5.11 Å². The monoisotopic (exact) mass is 212 g/mol. The molecule has 2 rings (SSSR count). The minimum atomic E-state index is -0.747. The zero-order valence-corrected chi connectivity index (χ0v) is 8.16. The van der Waals surface area contributed by atoms with Crippen molar-refractivity contribution in [3.05, 3.63) is 22.5 Å². The molecule has 0 saturated carbocycles. The normalized spacial score (nSPS) is 20.2. The molecule has 0 fully saturated rings. The Morgan fingerprint density at radius 2 is 2.36 bits per heavy atom. The lowest BCUT2D eigenvalue weighted by atomic mass is 9.87. The number of aryl methyl sites for hydroxylation is 1. The van der Waals surface area contributed by atoms with Gasteiger partial charge in [0.15, 0.2) is 5.15 Å². The highest BCUT2D eigenvalue weighted by molar-refractivity contribution is 6.29. The van der Waals surface area contributed by atoms with Crippen LogP contribution in [0.1, 0.15) is 17.7 Å². The molecule has 0 amide bonds. The van der Waals surface area contributed by atoms with Crippen molar-refractivity contribution in [1.29, 1.82) is 0 Å². The van der Waals surface area contributed by atoms with Crippen LogP contribution in [0.3, 0.4) is 0 Å². The molecule has 0 unspecified atom stereocenters. The van der Waals surface area contributed by atoms with E-state index in [1.165, 1.54) is 0 Å². The predicted octanol–water partition coefficient (Wildman–Crippen LogP) is 1.32. The number of aliphatic carboxylic acids is 1. The van der Waals surface area contributed by atoms with Gasteiger partial charge in [-0.2, -0.15) is 5.10 Å². The number of nitrogens with zero attached hydrogens (tertiary/aromatic N) is 2. The Bertz CT molecular complexity index is 381. The second-order valence-electron chi connectivity index (χ2n) is 3.42. The van der Waals surface area contributed by atoms with Gasteiger partial charge in [0, 0.05) is 0 Å². The average Bonchev–Trinajstić information content (AvgIpc) is 2.16. The molecule has 74 valence electrons. The standard InChI is InChI=1S/C9H9ClN2O2/c10-8-4-6-3-5(9(13)14)1-2-7(6)11-12-8/h4-5H,1-3H2,(H,13,14)/t5-/m0/s1. The molecule has 14 heavy (non-hydrogen) atoms. The fourth-order valence-corrected chi connectivity index (χ4v) is 1.87. The van der Waals surface area contributed by atoms with Crippen LogP contribution in [0.5, 0.6) is 0 Å². The molecule has 0 radical (unpaired) electrons. The van der Waals surface area contributed by atoms with Crippen LogP contribution in [0.4, 0.5) is 0 Å². The second-order valence-corrected chi connectivity index (χ2v) is 3.80. The Balaban J connectivity index is 2.29. The van der Waals surface area contributed by atoms with E-state index in [9.17, 15) is 4.79 Å². The first-order valence-corrected chi connectivity index (χ1v) is 4.78. The highest BCUT2D eigenvalue weighted by Crippen LogP contribution is 2.25. The molecule has 0 aliphatic heterocycles. The van der Waals surface area contributed by atoms with Crippen LogP contribution in [0.25, 0.3) is 0 Å². The van der Waals surface area contributed by atoms with E-state index in [1.54, 1.807) is 6.07 Å². The smallest absolute Gasteiger partial charge is 0.306 e. The van der Waals surface area contributed by atoms with Crippen LogP contribution >= 0.6 is 11.6 Å². The van der Waals surface area contributed by atoms with Gasteiger partial charge in [0.25, 0.3) is 0 Å². The summed E-state index contributed by atoms with van der Waals surface area (Å²) in [6, 6.07) is 1.71. The van der Waals surface area contributed by atoms with E-state index in [-0.39, 0.29) is 5.92 Å². The molecule has 1 aliphatic rings. The Labute approximate surface area is 85.9 Å². The second kappa shape index (κ2) is 3.53. The van der Waals surface area contributed by atoms with Gasteiger partial charge in [0.05, 0.1) is 11.6 Å². The van der Waals surface area contributed by atoms with Crippen molar-refractivity contribution in [1.82, 2.24) is 10.2 Å². The molecular weight excluding hydrogens is 204 g/mol. The van der Waals surface area contributed by atoms with Crippen molar-refractivity contribution in [3.8, 4) is 0 Å². The fraction of sp³-hybridized carbons (Fsp3) is 0.444. The molecule has 0 aromatic carbocycles. The van der Waals surface area contributed by atoms with Gasteiger partial charge >= 0.3 is 5.97 Å². The molecule has 0 spiro atoms. The van der Waals surface area contributed by atoms with Crippen molar-refractivity contribution in [3.63, 3.8) is 0 Å². The van der Waals surface area contributed by atoms with Crippen LogP contribution in [-0.2, 0) is 17.6 Å². The van der Waals surface area contributed by atoms with Crippen LogP contribution in [-0.4, -0.2) is 21.3 Å². The summed E-state index contributed by atoms with van der Waals surface area (Å²) in [7, 11) is 0. The van der Waals surface area contributed by atoms with E-state index in [2.05, 4.69) is 10.2 Å². The molecule has 5 heteroatoms. The van der Waals surface area contributed by atoms with E-state index in [0.29, 0.717) is 24.4 Å². The maximum Gasteiger partial charge on any atom is 0.306 e. The SMILES string of the molecule is O=C(O)[C@H]1CCc2nnc(Cl)cc2C1. The van der Waals surface area contributed by atoms with Gasteiger partial charge in [-0.05, 0) is 30.9 Å². The van der Waals surface area contributed by atoms with Gasteiger partial charge in [0.2, 0.25) is 0 Å². The Morgan fingerprint density at radius 1 is 1.57 bits per heavy atom. The summed E-state index contributed by atoms with van der Waals surface area (Å²) in [5, 5.41) is 16.9. The first kappa shape index (κ1) is 9.40. The topological polar surface area (TPSA) is 63.1 Å². The van der Waals surface area contributed by atoms with E-state index >= 15 is 0 Å². The lowest BCUT2D eigenvalue weighted by Gasteiger charge is -2.19. The number of hydrogen-bond acceptors (Lipinski definition) is 3. The summed E-state index contributed by atoms with van der Waals surface area (Å²) < 4.78 is 0. The number of carbonyl (C=O) groups is 1. The number of fused-ring (bicyclic) bond motifs is 1. The number of aromatic nitrogens is 2. The quantitative estimate of drug-likeness (QED) is 0.763. The molecule has 1 aromatic rings. The molecule has 0 saturated heterocycles. The third-order valence-electron chi connectivity index (χ3n) is 2.48. The Morgan fingerprint density at radius 3 is 3.07 bits per heavy atom. The summed E-state index contributed by atoms with van der Waals surface area (Å²) in [6.07, 6.45) is 1.83. The van der Waals surface area contributed by atoms with Crippen molar-refractivity contribution >= 4 is 17.6 Å². The van der Waals surface area contributed by atoms with Crippen LogP contribution in [0, 0.1) is 5.92 Å². The van der Waals surface area contributed by atoms with Crippen molar-refractivity contribution in [2.45, 2.75) is 19.3 Å². The number of rotatable bonds is 1.